The summed E-state index contributed by atoms with van der Waals surface area (Å²) < 4.78 is 3.04. The highest BCUT2D eigenvalue weighted by Crippen LogP contribution is 2.18. The molecule has 1 saturated carbocycles. The molecule has 2 aliphatic heterocycles. The highest BCUT2D eigenvalue weighted by atomic mass is 16.2. The van der Waals surface area contributed by atoms with Crippen LogP contribution in [0.3, 0.4) is 0 Å². The number of rotatable bonds is 5. The molecule has 0 unspecified atom stereocenters. The van der Waals surface area contributed by atoms with Crippen molar-refractivity contribution in [1.82, 2.24) is 29.5 Å². The number of piperazine rings is 1. The van der Waals surface area contributed by atoms with E-state index in [0.29, 0.717) is 45.3 Å². The zero-order valence-electron chi connectivity index (χ0n) is 15.7. The number of nitrogens with zero attached hydrogens (tertiary/aromatic N) is 5. The van der Waals surface area contributed by atoms with Crippen molar-refractivity contribution in [2.45, 2.75) is 57.7 Å². The molecule has 3 heterocycles. The first-order valence-corrected chi connectivity index (χ1v) is 10.1. The van der Waals surface area contributed by atoms with E-state index in [-0.39, 0.29) is 24.0 Å². The van der Waals surface area contributed by atoms with Gasteiger partial charge in [0.15, 0.2) is 0 Å². The SMILES string of the molecule is O=C(CN1CCN(C(=O)Cn2nc3n(c2=O)CCCCC3)CC1)NC1CC1. The number of fused-ring (bicyclic) bond motifs is 1. The third-order valence-electron chi connectivity index (χ3n) is 5.60. The zero-order valence-corrected chi connectivity index (χ0v) is 15.7. The van der Waals surface area contributed by atoms with Gasteiger partial charge in [-0.3, -0.25) is 19.1 Å². The number of carbonyl (C=O) groups excluding carboxylic acids is 2. The maximum Gasteiger partial charge on any atom is 0.346 e. The van der Waals surface area contributed by atoms with Crippen molar-refractivity contribution in [3.63, 3.8) is 0 Å². The molecule has 0 atom stereocenters. The van der Waals surface area contributed by atoms with Crippen molar-refractivity contribution in [2.24, 2.45) is 0 Å². The molecule has 0 spiro atoms. The van der Waals surface area contributed by atoms with Crippen LogP contribution >= 0.6 is 0 Å². The molecule has 3 aliphatic rings. The molecule has 2 amide bonds. The normalized spacial score (nSPS) is 20.8. The molecule has 9 nitrogen and oxygen atoms in total. The number of aryl methyl sites for hydroxylation is 1. The summed E-state index contributed by atoms with van der Waals surface area (Å²) in [6, 6.07) is 0.378. The fraction of sp³-hybridized carbons (Fsp3) is 0.778. The predicted molar refractivity (Wildman–Crippen MR) is 98.2 cm³/mol. The molecule has 1 aromatic heterocycles. The van der Waals surface area contributed by atoms with Gasteiger partial charge in [-0.2, -0.15) is 5.10 Å². The molecule has 1 saturated heterocycles. The first-order valence-electron chi connectivity index (χ1n) is 10.1. The van der Waals surface area contributed by atoms with Crippen LogP contribution < -0.4 is 11.0 Å². The number of carbonyl (C=O) groups is 2. The Bertz CT molecular complexity index is 758. The maximum atomic E-state index is 12.6. The van der Waals surface area contributed by atoms with Gasteiger partial charge < -0.3 is 10.2 Å². The maximum absolute atomic E-state index is 12.6. The first-order chi connectivity index (χ1) is 13.1. The van der Waals surface area contributed by atoms with E-state index in [2.05, 4.69) is 15.3 Å². The molecular weight excluding hydrogens is 348 g/mol. The second kappa shape index (κ2) is 7.84. The highest BCUT2D eigenvalue weighted by Gasteiger charge is 2.27. The summed E-state index contributed by atoms with van der Waals surface area (Å²) in [5.74, 6) is 0.799. The van der Waals surface area contributed by atoms with Crippen molar-refractivity contribution >= 4 is 11.8 Å². The lowest BCUT2D eigenvalue weighted by Gasteiger charge is -2.34. The van der Waals surface area contributed by atoms with E-state index in [1.807, 2.05) is 0 Å². The molecule has 1 N–H and O–H groups in total. The third kappa shape index (κ3) is 4.40. The molecular formula is C18H28N6O3. The van der Waals surface area contributed by atoms with Crippen LogP contribution in [0.1, 0.15) is 37.9 Å². The Morgan fingerprint density at radius 3 is 2.52 bits per heavy atom. The van der Waals surface area contributed by atoms with Gasteiger partial charge in [-0.05, 0) is 25.7 Å². The zero-order chi connectivity index (χ0) is 18.8. The fourth-order valence-corrected chi connectivity index (χ4v) is 3.82. The predicted octanol–water partition coefficient (Wildman–Crippen LogP) is -0.806. The molecule has 9 heteroatoms. The van der Waals surface area contributed by atoms with E-state index in [0.717, 1.165) is 44.3 Å². The number of aromatic nitrogens is 3. The standard InChI is InChI=1S/C18H28N6O3/c25-16(19-14-5-6-14)12-21-8-10-22(11-9-21)17(26)13-24-18(27)23-7-3-1-2-4-15(23)20-24/h14H,1-13H2,(H,19,25). The summed E-state index contributed by atoms with van der Waals surface area (Å²) in [6.07, 6.45) is 6.13. The van der Waals surface area contributed by atoms with Crippen LogP contribution in [0.25, 0.3) is 0 Å². The fourth-order valence-electron chi connectivity index (χ4n) is 3.82. The Hall–Kier alpha value is -2.16. The van der Waals surface area contributed by atoms with Crippen LogP contribution in [0, 0.1) is 0 Å². The van der Waals surface area contributed by atoms with Gasteiger partial charge in [0.1, 0.15) is 12.4 Å². The lowest BCUT2D eigenvalue weighted by Crippen LogP contribution is -2.52. The summed E-state index contributed by atoms with van der Waals surface area (Å²) in [5, 5.41) is 7.38. The number of nitrogens with one attached hydrogen (secondary N) is 1. The largest absolute Gasteiger partial charge is 0.352 e. The monoisotopic (exact) mass is 376 g/mol. The average Bonchev–Trinajstić information content (AvgIpc) is 3.44. The highest BCUT2D eigenvalue weighted by molar-refractivity contribution is 5.79. The number of hydrogen-bond donors (Lipinski definition) is 1. The van der Waals surface area contributed by atoms with Crippen LogP contribution in [-0.2, 0) is 29.1 Å². The van der Waals surface area contributed by atoms with Crippen molar-refractivity contribution in [3.05, 3.63) is 16.3 Å². The van der Waals surface area contributed by atoms with Crippen molar-refractivity contribution in [3.8, 4) is 0 Å². The van der Waals surface area contributed by atoms with E-state index in [1.54, 1.807) is 9.47 Å². The second-order valence-electron chi connectivity index (χ2n) is 7.82. The molecule has 148 valence electrons. The van der Waals surface area contributed by atoms with Crippen LogP contribution in [0.15, 0.2) is 4.79 Å². The Balaban J connectivity index is 1.28. The van der Waals surface area contributed by atoms with Crippen LogP contribution in [-0.4, -0.2) is 74.7 Å². The summed E-state index contributed by atoms with van der Waals surface area (Å²) in [6.45, 7) is 3.61. The van der Waals surface area contributed by atoms with E-state index in [4.69, 9.17) is 0 Å². The van der Waals surface area contributed by atoms with E-state index in [9.17, 15) is 14.4 Å². The average molecular weight is 376 g/mol. The lowest BCUT2D eigenvalue weighted by molar-refractivity contribution is -0.134. The molecule has 27 heavy (non-hydrogen) atoms. The number of amides is 2. The van der Waals surface area contributed by atoms with Crippen LogP contribution in [0.4, 0.5) is 0 Å². The molecule has 0 aromatic carbocycles. The van der Waals surface area contributed by atoms with Crippen LogP contribution in [0.2, 0.25) is 0 Å². The van der Waals surface area contributed by atoms with E-state index >= 15 is 0 Å². The van der Waals surface area contributed by atoms with E-state index in [1.165, 1.54) is 4.68 Å². The smallest absolute Gasteiger partial charge is 0.346 e. The van der Waals surface area contributed by atoms with Gasteiger partial charge in [0.2, 0.25) is 11.8 Å². The van der Waals surface area contributed by atoms with Gasteiger partial charge in [0.25, 0.3) is 0 Å². The quantitative estimate of drug-likeness (QED) is 0.726. The summed E-state index contributed by atoms with van der Waals surface area (Å²) in [5.41, 5.74) is -0.171. The molecule has 1 aromatic rings. The molecule has 1 aliphatic carbocycles. The van der Waals surface area contributed by atoms with Gasteiger partial charge >= 0.3 is 5.69 Å². The van der Waals surface area contributed by atoms with Gasteiger partial charge in [-0.1, -0.05) is 6.42 Å². The van der Waals surface area contributed by atoms with Gasteiger partial charge in [-0.25, -0.2) is 9.48 Å². The minimum Gasteiger partial charge on any atom is -0.352 e. The summed E-state index contributed by atoms with van der Waals surface area (Å²) >= 11 is 0. The summed E-state index contributed by atoms with van der Waals surface area (Å²) in [4.78, 5) is 40.8. The Morgan fingerprint density at radius 2 is 1.78 bits per heavy atom. The van der Waals surface area contributed by atoms with Crippen molar-refractivity contribution in [2.75, 3.05) is 32.7 Å². The minimum atomic E-state index is -0.171. The first kappa shape index (κ1) is 18.2. The molecule has 4 rings (SSSR count). The third-order valence-corrected chi connectivity index (χ3v) is 5.60. The van der Waals surface area contributed by atoms with Crippen LogP contribution in [0.5, 0.6) is 0 Å². The molecule has 0 bridgehead atoms. The van der Waals surface area contributed by atoms with Gasteiger partial charge in [-0.15, -0.1) is 0 Å². The van der Waals surface area contributed by atoms with Crippen molar-refractivity contribution < 1.29 is 9.59 Å². The topological polar surface area (TPSA) is 92.5 Å². The van der Waals surface area contributed by atoms with Crippen molar-refractivity contribution in [1.29, 1.82) is 0 Å². The lowest BCUT2D eigenvalue weighted by atomic mass is 10.2. The molecule has 2 fully saturated rings. The Labute approximate surface area is 158 Å². The van der Waals surface area contributed by atoms with Gasteiger partial charge in [0, 0.05) is 45.2 Å². The van der Waals surface area contributed by atoms with Gasteiger partial charge in [0.05, 0.1) is 6.54 Å². The number of hydrogen-bond acceptors (Lipinski definition) is 5. The Kier molecular flexibility index (Phi) is 5.29. The summed E-state index contributed by atoms with van der Waals surface area (Å²) in [7, 11) is 0. The second-order valence-corrected chi connectivity index (χ2v) is 7.82. The van der Waals surface area contributed by atoms with E-state index < -0.39 is 0 Å². The Morgan fingerprint density at radius 1 is 1.00 bits per heavy atom. The molecule has 0 radical (unpaired) electrons. The minimum absolute atomic E-state index is 0.000992.